The summed E-state index contributed by atoms with van der Waals surface area (Å²) in [6.45, 7) is 5.30. The van der Waals surface area contributed by atoms with Crippen LogP contribution in [-0.4, -0.2) is 34.1 Å². The molecule has 0 atom stereocenters. The lowest BCUT2D eigenvalue weighted by molar-refractivity contribution is -0.116. The van der Waals surface area contributed by atoms with E-state index in [4.69, 9.17) is 9.47 Å². The molecule has 2 rings (SSSR count). The van der Waals surface area contributed by atoms with E-state index in [0.717, 1.165) is 5.56 Å². The van der Waals surface area contributed by atoms with Crippen molar-refractivity contribution in [2.75, 3.05) is 19.5 Å². The quantitative estimate of drug-likeness (QED) is 0.683. The highest BCUT2D eigenvalue weighted by Crippen LogP contribution is 2.28. The van der Waals surface area contributed by atoms with E-state index in [1.165, 1.54) is 12.1 Å². The van der Waals surface area contributed by atoms with E-state index in [-0.39, 0.29) is 17.2 Å². The number of methoxy groups -OCH3 is 2. The number of amides is 1. The smallest absolute Gasteiger partial charge is 0.241 e. The molecule has 0 saturated carbocycles. The SMILES string of the molecule is COc1ccc(CCC(=O)Nc2cccc(S(=O)(=O)NC(C)(C)C)c2)cc1OC. The Labute approximate surface area is 172 Å². The third-order valence-electron chi connectivity index (χ3n) is 3.96. The van der Waals surface area contributed by atoms with Crippen LogP contribution in [0.25, 0.3) is 0 Å². The summed E-state index contributed by atoms with van der Waals surface area (Å²) in [7, 11) is -0.548. The minimum absolute atomic E-state index is 0.102. The van der Waals surface area contributed by atoms with Gasteiger partial charge in [-0.2, -0.15) is 0 Å². The Morgan fingerprint density at radius 3 is 2.31 bits per heavy atom. The van der Waals surface area contributed by atoms with Crippen molar-refractivity contribution in [2.45, 2.75) is 44.0 Å². The first-order valence-electron chi connectivity index (χ1n) is 9.19. The molecule has 2 aromatic carbocycles. The topological polar surface area (TPSA) is 93.7 Å². The fourth-order valence-electron chi connectivity index (χ4n) is 2.72. The zero-order chi connectivity index (χ0) is 21.7. The molecule has 1 amide bonds. The number of nitrogens with one attached hydrogen (secondary N) is 2. The van der Waals surface area contributed by atoms with Gasteiger partial charge in [-0.05, 0) is 63.1 Å². The summed E-state index contributed by atoms with van der Waals surface area (Å²) in [6, 6.07) is 11.7. The van der Waals surface area contributed by atoms with Gasteiger partial charge >= 0.3 is 0 Å². The third kappa shape index (κ3) is 6.76. The lowest BCUT2D eigenvalue weighted by Crippen LogP contribution is -2.40. The number of hydrogen-bond acceptors (Lipinski definition) is 5. The van der Waals surface area contributed by atoms with Crippen LogP contribution in [0.2, 0.25) is 0 Å². The van der Waals surface area contributed by atoms with Crippen LogP contribution >= 0.6 is 0 Å². The van der Waals surface area contributed by atoms with Crippen molar-refractivity contribution >= 4 is 21.6 Å². The maximum absolute atomic E-state index is 12.5. The molecule has 0 unspecified atom stereocenters. The van der Waals surface area contributed by atoms with E-state index in [9.17, 15) is 13.2 Å². The molecular formula is C21H28N2O5S. The monoisotopic (exact) mass is 420 g/mol. The van der Waals surface area contributed by atoms with Gasteiger partial charge in [0.1, 0.15) is 0 Å². The maximum atomic E-state index is 12.5. The predicted octanol–water partition coefficient (Wildman–Crippen LogP) is 3.35. The average molecular weight is 421 g/mol. The van der Waals surface area contributed by atoms with Crippen molar-refractivity contribution in [2.24, 2.45) is 0 Å². The van der Waals surface area contributed by atoms with Gasteiger partial charge in [0.05, 0.1) is 19.1 Å². The molecule has 0 spiro atoms. The molecule has 2 N–H and O–H groups in total. The number of anilines is 1. The van der Waals surface area contributed by atoms with Gasteiger partial charge < -0.3 is 14.8 Å². The zero-order valence-corrected chi connectivity index (χ0v) is 18.2. The second-order valence-electron chi connectivity index (χ2n) is 7.62. The van der Waals surface area contributed by atoms with E-state index < -0.39 is 15.6 Å². The van der Waals surface area contributed by atoms with Crippen LogP contribution in [0, 0.1) is 0 Å². The first-order valence-corrected chi connectivity index (χ1v) is 10.7. The van der Waals surface area contributed by atoms with Crippen molar-refractivity contribution in [3.63, 3.8) is 0 Å². The van der Waals surface area contributed by atoms with Crippen LogP contribution in [0.4, 0.5) is 5.69 Å². The molecule has 2 aromatic rings. The first kappa shape index (κ1) is 22.7. The molecule has 158 valence electrons. The van der Waals surface area contributed by atoms with Gasteiger partial charge in [-0.15, -0.1) is 0 Å². The second-order valence-corrected chi connectivity index (χ2v) is 9.30. The molecule has 8 heteroatoms. The van der Waals surface area contributed by atoms with Crippen molar-refractivity contribution in [1.29, 1.82) is 0 Å². The van der Waals surface area contributed by atoms with Crippen molar-refractivity contribution in [3.8, 4) is 11.5 Å². The van der Waals surface area contributed by atoms with Crippen LogP contribution in [0.3, 0.4) is 0 Å². The highest BCUT2D eigenvalue weighted by Gasteiger charge is 2.22. The van der Waals surface area contributed by atoms with Crippen LogP contribution in [-0.2, 0) is 21.2 Å². The first-order chi connectivity index (χ1) is 13.5. The summed E-state index contributed by atoms with van der Waals surface area (Å²) >= 11 is 0. The Bertz CT molecular complexity index is 965. The summed E-state index contributed by atoms with van der Waals surface area (Å²) in [5.41, 5.74) is 0.764. The van der Waals surface area contributed by atoms with E-state index in [1.807, 2.05) is 12.1 Å². The average Bonchev–Trinajstić information content (AvgIpc) is 2.64. The molecule has 0 aliphatic rings. The molecule has 0 fully saturated rings. The van der Waals surface area contributed by atoms with Crippen LogP contribution in [0.1, 0.15) is 32.8 Å². The molecule has 0 saturated heterocycles. The number of carbonyl (C=O) groups excluding carboxylic acids is 1. The Kier molecular flexibility index (Phi) is 7.26. The van der Waals surface area contributed by atoms with Gasteiger partial charge in [-0.1, -0.05) is 12.1 Å². The number of rotatable bonds is 8. The van der Waals surface area contributed by atoms with Gasteiger partial charge in [0.25, 0.3) is 0 Å². The minimum Gasteiger partial charge on any atom is -0.493 e. The normalized spacial score (nSPS) is 11.8. The highest BCUT2D eigenvalue weighted by atomic mass is 32.2. The molecule has 7 nitrogen and oxygen atoms in total. The zero-order valence-electron chi connectivity index (χ0n) is 17.4. The van der Waals surface area contributed by atoms with E-state index >= 15 is 0 Å². The maximum Gasteiger partial charge on any atom is 0.241 e. The van der Waals surface area contributed by atoms with E-state index in [0.29, 0.717) is 23.6 Å². The molecule has 0 aliphatic carbocycles. The molecule has 0 heterocycles. The fraction of sp³-hybridized carbons (Fsp3) is 0.381. The van der Waals surface area contributed by atoms with E-state index in [2.05, 4.69) is 10.0 Å². The Balaban J connectivity index is 2.03. The van der Waals surface area contributed by atoms with Crippen LogP contribution < -0.4 is 19.5 Å². The van der Waals surface area contributed by atoms with Gasteiger partial charge in [0, 0.05) is 17.6 Å². The van der Waals surface area contributed by atoms with Crippen LogP contribution in [0.15, 0.2) is 47.4 Å². The summed E-state index contributed by atoms with van der Waals surface area (Å²) in [6.07, 6.45) is 0.752. The molecule has 0 aromatic heterocycles. The summed E-state index contributed by atoms with van der Waals surface area (Å²) in [5, 5.41) is 2.75. The Hall–Kier alpha value is -2.58. The number of ether oxygens (including phenoxy) is 2. The lowest BCUT2D eigenvalue weighted by atomic mass is 10.1. The third-order valence-corrected chi connectivity index (χ3v) is 5.71. The van der Waals surface area contributed by atoms with Gasteiger partial charge in [-0.25, -0.2) is 13.1 Å². The predicted molar refractivity (Wildman–Crippen MR) is 113 cm³/mol. The van der Waals surface area contributed by atoms with Crippen molar-refractivity contribution in [3.05, 3.63) is 48.0 Å². The Morgan fingerprint density at radius 1 is 1.00 bits per heavy atom. The largest absolute Gasteiger partial charge is 0.493 e. The second kappa shape index (κ2) is 9.28. The molecule has 0 radical (unpaired) electrons. The standard InChI is InChI=1S/C21H28N2O5S/c1-21(2,3)23-29(25,26)17-8-6-7-16(14-17)22-20(24)12-10-15-9-11-18(27-4)19(13-15)28-5/h6-9,11,13-14,23H,10,12H2,1-5H3,(H,22,24). The summed E-state index contributed by atoms with van der Waals surface area (Å²) in [5.74, 6) is 1.02. The highest BCUT2D eigenvalue weighted by molar-refractivity contribution is 7.89. The number of carbonyl (C=O) groups is 1. The Morgan fingerprint density at radius 2 is 1.69 bits per heavy atom. The molecule has 29 heavy (non-hydrogen) atoms. The fourth-order valence-corrected chi connectivity index (χ4v) is 4.18. The molecule has 0 bridgehead atoms. The van der Waals surface area contributed by atoms with Gasteiger partial charge in [0.2, 0.25) is 15.9 Å². The number of aryl methyl sites for hydroxylation is 1. The number of sulfonamides is 1. The molecule has 0 aliphatic heterocycles. The van der Waals surface area contributed by atoms with Crippen LogP contribution in [0.5, 0.6) is 11.5 Å². The van der Waals surface area contributed by atoms with Crippen molar-refractivity contribution < 1.29 is 22.7 Å². The molecular weight excluding hydrogens is 392 g/mol. The van der Waals surface area contributed by atoms with Gasteiger partial charge in [-0.3, -0.25) is 4.79 Å². The van der Waals surface area contributed by atoms with E-state index in [1.54, 1.807) is 53.2 Å². The summed E-state index contributed by atoms with van der Waals surface area (Å²) in [4.78, 5) is 12.4. The number of benzene rings is 2. The number of hydrogen-bond donors (Lipinski definition) is 2. The van der Waals surface area contributed by atoms with Gasteiger partial charge in [0.15, 0.2) is 11.5 Å². The lowest BCUT2D eigenvalue weighted by Gasteiger charge is -2.20. The van der Waals surface area contributed by atoms with Crippen molar-refractivity contribution in [1.82, 2.24) is 4.72 Å². The summed E-state index contributed by atoms with van der Waals surface area (Å²) < 4.78 is 38.0. The minimum atomic E-state index is -3.67.